The molecule has 116 valence electrons. The van der Waals surface area contributed by atoms with Gasteiger partial charge >= 0.3 is 12.3 Å². The third kappa shape index (κ3) is 2.68. The number of fused-ring (bicyclic) bond motifs is 1. The van der Waals surface area contributed by atoms with Crippen LogP contribution in [0.1, 0.15) is 18.1 Å². The number of halogens is 3. The van der Waals surface area contributed by atoms with Gasteiger partial charge in [0.2, 0.25) is 0 Å². The lowest BCUT2D eigenvalue weighted by Gasteiger charge is -2.31. The minimum atomic E-state index is -4.75. The topological polar surface area (TPSA) is 56.8 Å². The van der Waals surface area contributed by atoms with Gasteiger partial charge < -0.3 is 19.5 Å². The van der Waals surface area contributed by atoms with Gasteiger partial charge in [-0.25, -0.2) is 4.79 Å². The number of amides is 1. The smallest absolute Gasteiger partial charge is 0.410 e. The highest BCUT2D eigenvalue weighted by molar-refractivity contribution is 5.70. The highest BCUT2D eigenvalue weighted by atomic mass is 19.4. The van der Waals surface area contributed by atoms with E-state index in [9.17, 15) is 18.0 Å². The van der Waals surface area contributed by atoms with Crippen LogP contribution < -0.4 is 10.1 Å². The fourth-order valence-corrected chi connectivity index (χ4v) is 2.11. The molecule has 1 aliphatic rings. The number of hydrogen-bond donors (Lipinski definition) is 1. The second kappa shape index (κ2) is 5.53. The Morgan fingerprint density at radius 1 is 1.48 bits per heavy atom. The van der Waals surface area contributed by atoms with Crippen molar-refractivity contribution >= 4 is 6.09 Å². The summed E-state index contributed by atoms with van der Waals surface area (Å²) in [6, 6.07) is 3.93. The lowest BCUT2D eigenvalue weighted by molar-refractivity contribution is -0.385. The van der Waals surface area contributed by atoms with E-state index in [0.29, 0.717) is 5.56 Å². The maximum Gasteiger partial charge on any atom is 0.448 e. The molecular weight excluding hydrogens is 291 g/mol. The number of alkyl halides is 3. The molecule has 1 amide bonds. The molecule has 0 aromatic heterocycles. The van der Waals surface area contributed by atoms with E-state index in [1.807, 2.05) is 0 Å². The van der Waals surface area contributed by atoms with Gasteiger partial charge in [0.15, 0.2) is 0 Å². The highest BCUT2D eigenvalue weighted by Gasteiger charge is 2.62. The van der Waals surface area contributed by atoms with Gasteiger partial charge in [-0.3, -0.25) is 0 Å². The molecule has 1 aromatic carbocycles. The van der Waals surface area contributed by atoms with Crippen LogP contribution in [0, 0.1) is 0 Å². The minimum Gasteiger partial charge on any atom is -0.410 e. The monoisotopic (exact) mass is 305 g/mol. The Morgan fingerprint density at radius 2 is 2.19 bits per heavy atom. The SMILES string of the molecule is CCOC1(C(F)(F)F)OCc2ccc(OC(=O)NC)cc21. The average Bonchev–Trinajstić information content (AvgIpc) is 2.78. The second-order valence-electron chi connectivity index (χ2n) is 4.29. The van der Waals surface area contributed by atoms with E-state index in [0.717, 1.165) is 6.07 Å². The van der Waals surface area contributed by atoms with Gasteiger partial charge in [-0.2, -0.15) is 13.2 Å². The van der Waals surface area contributed by atoms with Crippen molar-refractivity contribution in [2.24, 2.45) is 0 Å². The summed E-state index contributed by atoms with van der Waals surface area (Å²) in [6.07, 6.45) is -5.53. The number of carbonyl (C=O) groups excluding carboxylic acids is 1. The maximum absolute atomic E-state index is 13.4. The third-order valence-electron chi connectivity index (χ3n) is 3.00. The number of benzene rings is 1. The van der Waals surface area contributed by atoms with E-state index in [4.69, 9.17) is 14.2 Å². The molecule has 5 nitrogen and oxygen atoms in total. The zero-order chi connectivity index (χ0) is 15.7. The standard InChI is InChI=1S/C13H14F3NO4/c1-3-19-12(13(14,15)16)10-6-9(21-11(18)17-2)5-4-8(10)7-20-12/h4-6H,3,7H2,1-2H3,(H,17,18). The number of rotatable bonds is 3. The van der Waals surface area contributed by atoms with E-state index in [1.54, 1.807) is 0 Å². The lowest BCUT2D eigenvalue weighted by atomic mass is 10.0. The Balaban J connectivity index is 2.44. The van der Waals surface area contributed by atoms with E-state index >= 15 is 0 Å². The van der Waals surface area contributed by atoms with Crippen molar-refractivity contribution in [2.75, 3.05) is 13.7 Å². The Hall–Kier alpha value is -1.80. The van der Waals surface area contributed by atoms with Crippen molar-refractivity contribution in [3.05, 3.63) is 29.3 Å². The molecule has 21 heavy (non-hydrogen) atoms. The first-order chi connectivity index (χ1) is 9.84. The van der Waals surface area contributed by atoms with Crippen LogP contribution in [0.25, 0.3) is 0 Å². The Morgan fingerprint density at radius 3 is 2.76 bits per heavy atom. The summed E-state index contributed by atoms with van der Waals surface area (Å²) >= 11 is 0. The van der Waals surface area contributed by atoms with Crippen molar-refractivity contribution in [1.29, 1.82) is 0 Å². The maximum atomic E-state index is 13.4. The molecule has 0 saturated heterocycles. The molecule has 1 aliphatic heterocycles. The van der Waals surface area contributed by atoms with Gasteiger partial charge in [-0.1, -0.05) is 6.07 Å². The molecule has 2 rings (SSSR count). The molecule has 0 aliphatic carbocycles. The Bertz CT molecular complexity index is 543. The first kappa shape index (κ1) is 15.6. The van der Waals surface area contributed by atoms with Crippen LogP contribution in [0.5, 0.6) is 5.75 Å². The van der Waals surface area contributed by atoms with Gasteiger partial charge in [-0.15, -0.1) is 0 Å². The lowest BCUT2D eigenvalue weighted by Crippen LogP contribution is -2.44. The number of hydrogen-bond acceptors (Lipinski definition) is 4. The van der Waals surface area contributed by atoms with E-state index in [-0.39, 0.29) is 24.5 Å². The van der Waals surface area contributed by atoms with Crippen molar-refractivity contribution in [2.45, 2.75) is 25.5 Å². The van der Waals surface area contributed by atoms with Gasteiger partial charge in [0.1, 0.15) is 5.75 Å². The number of nitrogens with one attached hydrogen (secondary N) is 1. The summed E-state index contributed by atoms with van der Waals surface area (Å²) in [5.74, 6) is -2.84. The number of carbonyl (C=O) groups is 1. The fraction of sp³-hybridized carbons (Fsp3) is 0.462. The van der Waals surface area contributed by atoms with Crippen LogP contribution in [0.4, 0.5) is 18.0 Å². The van der Waals surface area contributed by atoms with Crippen LogP contribution in [0.15, 0.2) is 18.2 Å². The highest BCUT2D eigenvalue weighted by Crippen LogP contribution is 2.49. The first-order valence-electron chi connectivity index (χ1n) is 6.21. The van der Waals surface area contributed by atoms with E-state index in [2.05, 4.69) is 5.32 Å². The molecule has 1 atom stereocenters. The molecular formula is C13H14F3NO4. The Kier molecular flexibility index (Phi) is 4.11. The van der Waals surface area contributed by atoms with Gasteiger partial charge in [0, 0.05) is 19.2 Å². The molecule has 0 bridgehead atoms. The second-order valence-corrected chi connectivity index (χ2v) is 4.29. The Labute approximate surface area is 119 Å². The van der Waals surface area contributed by atoms with Crippen molar-refractivity contribution < 1.29 is 32.2 Å². The molecule has 0 fully saturated rings. The number of ether oxygens (including phenoxy) is 3. The van der Waals surface area contributed by atoms with Crippen molar-refractivity contribution in [3.63, 3.8) is 0 Å². The molecule has 8 heteroatoms. The zero-order valence-electron chi connectivity index (χ0n) is 11.4. The fourth-order valence-electron chi connectivity index (χ4n) is 2.11. The molecule has 1 unspecified atom stereocenters. The molecule has 0 saturated carbocycles. The van der Waals surface area contributed by atoms with E-state index in [1.165, 1.54) is 26.1 Å². The predicted molar refractivity (Wildman–Crippen MR) is 65.7 cm³/mol. The van der Waals surface area contributed by atoms with Crippen LogP contribution in [-0.4, -0.2) is 25.9 Å². The largest absolute Gasteiger partial charge is 0.448 e. The third-order valence-corrected chi connectivity index (χ3v) is 3.00. The van der Waals surface area contributed by atoms with Crippen LogP contribution >= 0.6 is 0 Å². The summed E-state index contributed by atoms with van der Waals surface area (Å²) in [7, 11) is 1.35. The van der Waals surface area contributed by atoms with Crippen LogP contribution in [0.2, 0.25) is 0 Å². The normalized spacial score (nSPS) is 21.0. The van der Waals surface area contributed by atoms with Gasteiger partial charge in [0.05, 0.1) is 6.61 Å². The predicted octanol–water partition coefficient (Wildman–Crippen LogP) is 2.69. The van der Waals surface area contributed by atoms with E-state index < -0.39 is 18.1 Å². The molecule has 1 N–H and O–H groups in total. The summed E-state index contributed by atoms with van der Waals surface area (Å²) in [5, 5.41) is 2.21. The summed E-state index contributed by atoms with van der Waals surface area (Å²) < 4.78 is 54.7. The summed E-state index contributed by atoms with van der Waals surface area (Å²) in [6.45, 7) is 1.04. The quantitative estimate of drug-likeness (QED) is 0.933. The molecule has 0 radical (unpaired) electrons. The van der Waals surface area contributed by atoms with Gasteiger partial charge in [0.25, 0.3) is 5.79 Å². The average molecular weight is 305 g/mol. The van der Waals surface area contributed by atoms with Crippen molar-refractivity contribution in [3.8, 4) is 5.75 Å². The van der Waals surface area contributed by atoms with Crippen molar-refractivity contribution in [1.82, 2.24) is 5.32 Å². The zero-order valence-corrected chi connectivity index (χ0v) is 11.4. The van der Waals surface area contributed by atoms with Crippen LogP contribution in [0.3, 0.4) is 0 Å². The molecule has 1 aromatic rings. The summed E-state index contributed by atoms with van der Waals surface area (Å²) in [4.78, 5) is 11.1. The molecule has 1 heterocycles. The minimum absolute atomic E-state index is 0.0214. The molecule has 0 spiro atoms. The first-order valence-corrected chi connectivity index (χ1v) is 6.21. The van der Waals surface area contributed by atoms with Gasteiger partial charge in [-0.05, 0) is 24.6 Å². The summed E-state index contributed by atoms with van der Waals surface area (Å²) in [5.41, 5.74) is 0.142. The van der Waals surface area contributed by atoms with Crippen LogP contribution in [-0.2, 0) is 21.9 Å².